The lowest BCUT2D eigenvalue weighted by molar-refractivity contribution is -0.0201. The summed E-state index contributed by atoms with van der Waals surface area (Å²) in [5, 5.41) is 0. The standard InChI is InChI=1S/C32H65ClO7/c1-2-3-4-5-6-7-8-9-10-11-12-13-14-15-16-17-19-34-21-23-36-25-27-38-29-31-40-32-30-39-28-26-37-24-22-35-20-18-33/h2-32H2,1H3. The zero-order chi connectivity index (χ0) is 28.9. The zero-order valence-corrected chi connectivity index (χ0v) is 26.9. The van der Waals surface area contributed by atoms with E-state index >= 15 is 0 Å². The molecule has 0 atom stereocenters. The number of alkyl halides is 1. The fourth-order valence-corrected chi connectivity index (χ4v) is 4.34. The van der Waals surface area contributed by atoms with Gasteiger partial charge >= 0.3 is 0 Å². The topological polar surface area (TPSA) is 64.6 Å². The van der Waals surface area contributed by atoms with Crippen LogP contribution in [0.5, 0.6) is 0 Å². The van der Waals surface area contributed by atoms with Crippen molar-refractivity contribution in [3.63, 3.8) is 0 Å². The summed E-state index contributed by atoms with van der Waals surface area (Å²) in [5.41, 5.74) is 0. The Morgan fingerprint density at radius 1 is 0.275 bits per heavy atom. The van der Waals surface area contributed by atoms with Crippen LogP contribution in [-0.2, 0) is 33.2 Å². The molecule has 0 aromatic carbocycles. The summed E-state index contributed by atoms with van der Waals surface area (Å²) in [6.45, 7) is 10.6. The van der Waals surface area contributed by atoms with Crippen LogP contribution in [0.3, 0.4) is 0 Å². The molecule has 0 N–H and O–H groups in total. The van der Waals surface area contributed by atoms with Crippen LogP contribution < -0.4 is 0 Å². The molecule has 242 valence electrons. The number of ether oxygens (including phenoxy) is 7. The van der Waals surface area contributed by atoms with Crippen LogP contribution in [-0.4, -0.2) is 98.4 Å². The largest absolute Gasteiger partial charge is 0.379 e. The predicted octanol–water partition coefficient (Wildman–Crippen LogP) is 7.60. The minimum Gasteiger partial charge on any atom is -0.379 e. The highest BCUT2D eigenvalue weighted by atomic mass is 35.5. The monoisotopic (exact) mass is 596 g/mol. The summed E-state index contributed by atoms with van der Waals surface area (Å²) < 4.78 is 38.2. The van der Waals surface area contributed by atoms with Crippen molar-refractivity contribution in [1.29, 1.82) is 0 Å². The van der Waals surface area contributed by atoms with Gasteiger partial charge in [-0.25, -0.2) is 0 Å². The molecular formula is C32H65ClO7. The van der Waals surface area contributed by atoms with Gasteiger partial charge in [-0.2, -0.15) is 0 Å². The molecule has 0 fully saturated rings. The Morgan fingerprint density at radius 2 is 0.500 bits per heavy atom. The van der Waals surface area contributed by atoms with Crippen molar-refractivity contribution in [2.24, 2.45) is 0 Å². The third kappa shape index (κ3) is 38.0. The van der Waals surface area contributed by atoms with Gasteiger partial charge in [0, 0.05) is 12.5 Å². The molecule has 0 bridgehead atoms. The van der Waals surface area contributed by atoms with E-state index in [1.165, 1.54) is 96.3 Å². The Kier molecular flexibility index (Phi) is 39.0. The van der Waals surface area contributed by atoms with Gasteiger partial charge in [0.2, 0.25) is 0 Å². The molecule has 0 aliphatic carbocycles. The fraction of sp³-hybridized carbons (Fsp3) is 1.00. The first-order valence-corrected chi connectivity index (χ1v) is 17.1. The zero-order valence-electron chi connectivity index (χ0n) is 26.2. The molecule has 0 amide bonds. The van der Waals surface area contributed by atoms with Crippen LogP contribution in [0.2, 0.25) is 0 Å². The Morgan fingerprint density at radius 3 is 0.775 bits per heavy atom. The predicted molar refractivity (Wildman–Crippen MR) is 166 cm³/mol. The van der Waals surface area contributed by atoms with Gasteiger partial charge in [-0.15, -0.1) is 11.6 Å². The van der Waals surface area contributed by atoms with Crippen LogP contribution in [0.15, 0.2) is 0 Å². The van der Waals surface area contributed by atoms with Crippen LogP contribution in [0.4, 0.5) is 0 Å². The van der Waals surface area contributed by atoms with Crippen LogP contribution in [0.1, 0.15) is 110 Å². The number of unbranched alkanes of at least 4 members (excludes halogenated alkanes) is 15. The highest BCUT2D eigenvalue weighted by Gasteiger charge is 1.97. The average Bonchev–Trinajstić information content (AvgIpc) is 2.97. The summed E-state index contributed by atoms with van der Waals surface area (Å²) >= 11 is 5.52. The Balaban J connectivity index is 3.01. The van der Waals surface area contributed by atoms with Gasteiger partial charge in [-0.05, 0) is 6.42 Å². The Labute approximate surface area is 252 Å². The van der Waals surface area contributed by atoms with E-state index in [9.17, 15) is 0 Å². The molecule has 0 saturated carbocycles. The maximum Gasteiger partial charge on any atom is 0.0701 e. The molecule has 0 aromatic rings. The van der Waals surface area contributed by atoms with Crippen molar-refractivity contribution in [3.8, 4) is 0 Å². The molecule has 7 nitrogen and oxygen atoms in total. The average molecular weight is 597 g/mol. The van der Waals surface area contributed by atoms with Crippen molar-refractivity contribution in [1.82, 2.24) is 0 Å². The van der Waals surface area contributed by atoms with Crippen molar-refractivity contribution in [2.45, 2.75) is 110 Å². The summed E-state index contributed by atoms with van der Waals surface area (Å²) in [7, 11) is 0. The Hall–Kier alpha value is 0.01000. The maximum absolute atomic E-state index is 5.67. The second kappa shape index (κ2) is 39.0. The van der Waals surface area contributed by atoms with E-state index in [0.29, 0.717) is 91.8 Å². The quantitative estimate of drug-likeness (QED) is 0.0540. The summed E-state index contributed by atoms with van der Waals surface area (Å²) in [5.74, 6) is 0.511. The SMILES string of the molecule is CCCCCCCCCCCCCCCCCCOCCOCCOCCOCCOCCOCCOCCCl. The van der Waals surface area contributed by atoms with E-state index in [1.807, 2.05) is 0 Å². The fourth-order valence-electron chi connectivity index (χ4n) is 4.23. The third-order valence-corrected chi connectivity index (χ3v) is 6.75. The van der Waals surface area contributed by atoms with Gasteiger partial charge in [0.15, 0.2) is 0 Å². The molecule has 0 rings (SSSR count). The van der Waals surface area contributed by atoms with E-state index < -0.39 is 0 Å². The van der Waals surface area contributed by atoms with Gasteiger partial charge in [0.25, 0.3) is 0 Å². The maximum atomic E-state index is 5.67. The molecule has 8 heteroatoms. The minimum absolute atomic E-state index is 0.511. The lowest BCUT2D eigenvalue weighted by Gasteiger charge is -2.08. The molecule has 0 heterocycles. The lowest BCUT2D eigenvalue weighted by Crippen LogP contribution is -2.14. The molecular weight excluding hydrogens is 532 g/mol. The smallest absolute Gasteiger partial charge is 0.0701 e. The molecule has 0 spiro atoms. The molecule has 0 aromatic heterocycles. The first-order chi connectivity index (χ1) is 19.9. The number of hydrogen-bond donors (Lipinski definition) is 0. The highest BCUT2D eigenvalue weighted by molar-refractivity contribution is 6.17. The first-order valence-electron chi connectivity index (χ1n) is 16.5. The van der Waals surface area contributed by atoms with Crippen LogP contribution in [0, 0.1) is 0 Å². The summed E-state index contributed by atoms with van der Waals surface area (Å²) in [4.78, 5) is 0. The van der Waals surface area contributed by atoms with Gasteiger partial charge < -0.3 is 33.2 Å². The van der Waals surface area contributed by atoms with Gasteiger partial charge in [0.05, 0.1) is 85.9 Å². The molecule has 0 saturated heterocycles. The van der Waals surface area contributed by atoms with Crippen molar-refractivity contribution >= 4 is 11.6 Å². The van der Waals surface area contributed by atoms with Crippen molar-refractivity contribution in [2.75, 3.05) is 98.4 Å². The lowest BCUT2D eigenvalue weighted by atomic mass is 10.0. The third-order valence-electron chi connectivity index (χ3n) is 6.60. The number of halogens is 1. The summed E-state index contributed by atoms with van der Waals surface area (Å²) in [6.07, 6.45) is 22.3. The highest BCUT2D eigenvalue weighted by Crippen LogP contribution is 2.13. The number of hydrogen-bond acceptors (Lipinski definition) is 7. The van der Waals surface area contributed by atoms with Crippen LogP contribution in [0.25, 0.3) is 0 Å². The molecule has 0 radical (unpaired) electrons. The first kappa shape index (κ1) is 40.0. The second-order valence-corrected chi connectivity index (χ2v) is 10.7. The molecule has 0 unspecified atom stereocenters. The van der Waals surface area contributed by atoms with E-state index in [2.05, 4.69) is 6.92 Å². The van der Waals surface area contributed by atoms with E-state index in [0.717, 1.165) is 13.0 Å². The van der Waals surface area contributed by atoms with E-state index in [-0.39, 0.29) is 0 Å². The van der Waals surface area contributed by atoms with Crippen LogP contribution >= 0.6 is 11.6 Å². The normalized spacial score (nSPS) is 11.6. The van der Waals surface area contributed by atoms with Gasteiger partial charge in [0.1, 0.15) is 0 Å². The van der Waals surface area contributed by atoms with Crippen molar-refractivity contribution < 1.29 is 33.2 Å². The molecule has 0 aliphatic heterocycles. The van der Waals surface area contributed by atoms with Gasteiger partial charge in [-0.3, -0.25) is 0 Å². The molecule has 0 aliphatic rings. The van der Waals surface area contributed by atoms with Gasteiger partial charge in [-0.1, -0.05) is 103 Å². The Bertz CT molecular complexity index is 394. The second-order valence-electron chi connectivity index (χ2n) is 10.3. The van der Waals surface area contributed by atoms with E-state index in [1.54, 1.807) is 0 Å². The number of rotatable bonds is 37. The molecule has 40 heavy (non-hydrogen) atoms. The van der Waals surface area contributed by atoms with E-state index in [4.69, 9.17) is 44.8 Å². The summed E-state index contributed by atoms with van der Waals surface area (Å²) in [6, 6.07) is 0. The minimum atomic E-state index is 0.511. The van der Waals surface area contributed by atoms with Crippen molar-refractivity contribution in [3.05, 3.63) is 0 Å².